The Morgan fingerprint density at radius 3 is 2.33 bits per heavy atom. The standard InChI is InChI=1S/C28H27NO14/c1-5-12-37-22-13-21(9-6-18(22)15-38-28(33)42-20-10-7-19(8-11-20)29(34)35)41-27-25(40-17(3)31)23(39-16(2)30)14-24(43-27)26(32)36-4/h1,6-11,13,23-25,27H,12,14-15H2,2-4H3/t23-,24-,25+,27+/m0/s1. The fraction of sp³-hybridized carbons (Fsp3) is 0.357. The lowest BCUT2D eigenvalue weighted by Crippen LogP contribution is -2.55. The van der Waals surface area contributed by atoms with E-state index in [4.69, 9.17) is 44.3 Å². The van der Waals surface area contributed by atoms with Crippen molar-refractivity contribution in [2.45, 2.75) is 51.5 Å². The highest BCUT2D eigenvalue weighted by molar-refractivity contribution is 5.75. The minimum Gasteiger partial charge on any atom is -0.480 e. The minimum atomic E-state index is -1.43. The number of rotatable bonds is 11. The molecule has 15 nitrogen and oxygen atoms in total. The van der Waals surface area contributed by atoms with Gasteiger partial charge in [0.15, 0.2) is 6.10 Å². The average molecular weight is 602 g/mol. The number of ether oxygens (including phenoxy) is 8. The highest BCUT2D eigenvalue weighted by atomic mass is 16.7. The second-order valence-electron chi connectivity index (χ2n) is 8.75. The number of terminal acetylenes is 1. The van der Waals surface area contributed by atoms with E-state index in [1.165, 1.54) is 30.3 Å². The summed E-state index contributed by atoms with van der Waals surface area (Å²) in [5.41, 5.74) is 0.161. The molecule has 0 aliphatic carbocycles. The van der Waals surface area contributed by atoms with Crippen LogP contribution in [0, 0.1) is 22.5 Å². The maximum absolute atomic E-state index is 12.3. The number of methoxy groups -OCH3 is 1. The van der Waals surface area contributed by atoms with E-state index in [1.54, 1.807) is 0 Å². The quantitative estimate of drug-likeness (QED) is 0.0914. The molecule has 4 atom stereocenters. The molecule has 1 aliphatic rings. The third kappa shape index (κ3) is 9.33. The Bertz CT molecular complexity index is 1380. The van der Waals surface area contributed by atoms with Crippen LogP contribution < -0.4 is 14.2 Å². The Kier molecular flexibility index (Phi) is 11.2. The summed E-state index contributed by atoms with van der Waals surface area (Å²) in [5, 5.41) is 10.8. The van der Waals surface area contributed by atoms with Crippen LogP contribution in [0.3, 0.4) is 0 Å². The highest BCUT2D eigenvalue weighted by Gasteiger charge is 2.47. The van der Waals surface area contributed by atoms with Crippen molar-refractivity contribution in [1.29, 1.82) is 0 Å². The summed E-state index contributed by atoms with van der Waals surface area (Å²) in [7, 11) is 1.15. The van der Waals surface area contributed by atoms with Gasteiger partial charge in [0.25, 0.3) is 5.69 Å². The van der Waals surface area contributed by atoms with Gasteiger partial charge in [-0.3, -0.25) is 19.7 Å². The van der Waals surface area contributed by atoms with E-state index in [-0.39, 0.29) is 42.6 Å². The van der Waals surface area contributed by atoms with Gasteiger partial charge in [-0.15, -0.1) is 6.42 Å². The van der Waals surface area contributed by atoms with Gasteiger partial charge < -0.3 is 37.9 Å². The third-order valence-corrected chi connectivity index (χ3v) is 5.66. The van der Waals surface area contributed by atoms with Crippen LogP contribution in [0.5, 0.6) is 17.2 Å². The number of non-ortho nitro benzene ring substituents is 1. The lowest BCUT2D eigenvalue weighted by atomic mass is 10.0. The fourth-order valence-corrected chi connectivity index (χ4v) is 3.86. The van der Waals surface area contributed by atoms with Crippen LogP contribution in [0.25, 0.3) is 0 Å². The van der Waals surface area contributed by atoms with E-state index in [0.717, 1.165) is 33.1 Å². The van der Waals surface area contributed by atoms with Crippen LogP contribution >= 0.6 is 0 Å². The number of hydrogen-bond acceptors (Lipinski definition) is 14. The molecule has 1 aliphatic heterocycles. The van der Waals surface area contributed by atoms with Crippen molar-refractivity contribution < 1.29 is 62.0 Å². The highest BCUT2D eigenvalue weighted by Crippen LogP contribution is 2.32. The van der Waals surface area contributed by atoms with Gasteiger partial charge in [0.2, 0.25) is 12.4 Å². The number of esters is 3. The van der Waals surface area contributed by atoms with Crippen molar-refractivity contribution >= 4 is 29.8 Å². The summed E-state index contributed by atoms with van der Waals surface area (Å²) in [4.78, 5) is 58.2. The topological polar surface area (TPSA) is 185 Å². The van der Waals surface area contributed by atoms with Gasteiger partial charge in [-0.2, -0.15) is 0 Å². The van der Waals surface area contributed by atoms with E-state index in [1.807, 2.05) is 0 Å². The molecule has 0 amide bonds. The summed E-state index contributed by atoms with van der Waals surface area (Å²) in [6, 6.07) is 9.11. The zero-order valence-corrected chi connectivity index (χ0v) is 23.2. The van der Waals surface area contributed by atoms with Gasteiger partial charge in [-0.05, 0) is 24.3 Å². The monoisotopic (exact) mass is 601 g/mol. The van der Waals surface area contributed by atoms with Crippen LogP contribution in [0.15, 0.2) is 42.5 Å². The normalized spacial score (nSPS) is 19.1. The molecule has 0 unspecified atom stereocenters. The molecule has 2 aromatic rings. The van der Waals surface area contributed by atoms with Gasteiger partial charge >= 0.3 is 24.1 Å². The molecule has 228 valence electrons. The molecule has 0 N–H and O–H groups in total. The van der Waals surface area contributed by atoms with Gasteiger partial charge in [0.05, 0.1) is 12.0 Å². The first-order valence-electron chi connectivity index (χ1n) is 12.5. The van der Waals surface area contributed by atoms with Crippen LogP contribution in [-0.2, 0) is 44.7 Å². The number of benzene rings is 2. The molecule has 43 heavy (non-hydrogen) atoms. The minimum absolute atomic E-state index is 0.0234. The van der Waals surface area contributed by atoms with E-state index < -0.39 is 53.6 Å². The SMILES string of the molecule is C#CCOc1cc(O[C@@H]2O[C@H](C(=O)OC)C[C@H](OC(C)=O)[C@H]2OC(C)=O)ccc1COC(=O)Oc1ccc([N+](=O)[O-])cc1. The molecule has 1 heterocycles. The first kappa shape index (κ1) is 32.2. The fourth-order valence-electron chi connectivity index (χ4n) is 3.86. The van der Waals surface area contributed by atoms with E-state index in [2.05, 4.69) is 5.92 Å². The largest absolute Gasteiger partial charge is 0.514 e. The van der Waals surface area contributed by atoms with Gasteiger partial charge in [-0.25, -0.2) is 9.59 Å². The molecule has 0 radical (unpaired) electrons. The summed E-state index contributed by atoms with van der Waals surface area (Å²) < 4.78 is 42.7. The predicted octanol–water partition coefficient (Wildman–Crippen LogP) is 2.85. The van der Waals surface area contributed by atoms with E-state index >= 15 is 0 Å². The molecule has 3 rings (SSSR count). The molecule has 1 fully saturated rings. The van der Waals surface area contributed by atoms with Crippen molar-refractivity contribution in [2.24, 2.45) is 0 Å². The lowest BCUT2D eigenvalue weighted by Gasteiger charge is -2.39. The maximum Gasteiger partial charge on any atom is 0.514 e. The number of nitro benzene ring substituents is 1. The van der Waals surface area contributed by atoms with Crippen molar-refractivity contribution in [3.05, 3.63) is 58.1 Å². The zero-order chi connectivity index (χ0) is 31.5. The molecule has 15 heteroatoms. The molecular formula is C28H27NO14. The summed E-state index contributed by atoms with van der Waals surface area (Å²) in [6.45, 7) is 1.79. The molecule has 0 spiro atoms. The van der Waals surface area contributed by atoms with Crippen LogP contribution in [0.1, 0.15) is 25.8 Å². The Labute approximate surface area is 245 Å². The second-order valence-corrected chi connectivity index (χ2v) is 8.75. The van der Waals surface area contributed by atoms with E-state index in [9.17, 15) is 29.3 Å². The van der Waals surface area contributed by atoms with Gasteiger partial charge in [0, 0.05) is 44.0 Å². The predicted molar refractivity (Wildman–Crippen MR) is 142 cm³/mol. The summed E-state index contributed by atoms with van der Waals surface area (Å²) in [6.07, 6.45) is -0.927. The number of nitro groups is 1. The first-order valence-corrected chi connectivity index (χ1v) is 12.5. The Balaban J connectivity index is 1.78. The van der Waals surface area contributed by atoms with Crippen LogP contribution in [0.4, 0.5) is 10.5 Å². The Hall–Kier alpha value is -5.36. The Morgan fingerprint density at radius 1 is 1.05 bits per heavy atom. The molecule has 0 saturated carbocycles. The molecule has 0 aromatic heterocycles. The van der Waals surface area contributed by atoms with Crippen molar-refractivity contribution in [3.8, 4) is 29.6 Å². The first-order chi connectivity index (χ1) is 20.5. The maximum atomic E-state index is 12.3. The van der Waals surface area contributed by atoms with Crippen molar-refractivity contribution in [3.63, 3.8) is 0 Å². The van der Waals surface area contributed by atoms with Crippen LogP contribution in [0.2, 0.25) is 0 Å². The molecule has 2 aromatic carbocycles. The number of nitrogens with zero attached hydrogens (tertiary/aromatic N) is 1. The zero-order valence-electron chi connectivity index (χ0n) is 23.2. The summed E-state index contributed by atoms with van der Waals surface area (Å²) >= 11 is 0. The molecule has 1 saturated heterocycles. The van der Waals surface area contributed by atoms with Gasteiger partial charge in [0.1, 0.15) is 36.6 Å². The van der Waals surface area contributed by atoms with Crippen LogP contribution in [-0.4, -0.2) is 67.3 Å². The average Bonchev–Trinajstić information content (AvgIpc) is 2.96. The Morgan fingerprint density at radius 2 is 1.72 bits per heavy atom. The summed E-state index contributed by atoms with van der Waals surface area (Å²) in [5.74, 6) is 0.391. The number of carbonyl (C=O) groups excluding carboxylic acids is 4. The van der Waals surface area contributed by atoms with E-state index in [0.29, 0.717) is 5.56 Å². The molecule has 0 bridgehead atoms. The smallest absolute Gasteiger partial charge is 0.480 e. The third-order valence-electron chi connectivity index (χ3n) is 5.66. The van der Waals surface area contributed by atoms with Crippen molar-refractivity contribution in [2.75, 3.05) is 13.7 Å². The number of hydrogen-bond donors (Lipinski definition) is 0. The second kappa shape index (κ2) is 15.0. The lowest BCUT2D eigenvalue weighted by molar-refractivity contribution is -0.384. The molecular weight excluding hydrogens is 574 g/mol. The number of carbonyl (C=O) groups is 4. The van der Waals surface area contributed by atoms with Gasteiger partial charge in [-0.1, -0.05) is 5.92 Å². The van der Waals surface area contributed by atoms with Crippen molar-refractivity contribution in [1.82, 2.24) is 0 Å².